The Balaban J connectivity index is 3.33. The molecular formula is C9H12N2O4. The van der Waals surface area contributed by atoms with Gasteiger partial charge in [0.15, 0.2) is 0 Å². The molecule has 0 saturated carbocycles. The summed E-state index contributed by atoms with van der Waals surface area (Å²) in [6, 6.07) is 0. The van der Waals surface area contributed by atoms with E-state index in [1.54, 1.807) is 13.8 Å². The maximum absolute atomic E-state index is 11.4. The Hall–Kier alpha value is -1.85. The fraction of sp³-hybridized carbons (Fsp3) is 0.444. The van der Waals surface area contributed by atoms with E-state index in [2.05, 4.69) is 4.98 Å². The zero-order valence-corrected chi connectivity index (χ0v) is 8.55. The van der Waals surface area contributed by atoms with E-state index in [9.17, 15) is 14.4 Å². The quantitative estimate of drug-likeness (QED) is 0.679. The lowest BCUT2D eigenvalue weighted by molar-refractivity contribution is 0.0522. The molecule has 1 aromatic heterocycles. The summed E-state index contributed by atoms with van der Waals surface area (Å²) in [4.78, 5) is 38.1. The van der Waals surface area contributed by atoms with E-state index < -0.39 is 17.2 Å². The number of hydrogen-bond donors (Lipinski definition) is 2. The van der Waals surface area contributed by atoms with Gasteiger partial charge in [-0.3, -0.25) is 9.78 Å². The van der Waals surface area contributed by atoms with Gasteiger partial charge in [0.05, 0.1) is 6.61 Å². The average Bonchev–Trinajstić information content (AvgIpc) is 2.16. The van der Waals surface area contributed by atoms with Crippen LogP contribution in [0.4, 0.5) is 0 Å². The standard InChI is InChI=1S/C9H12N2O4/c1-3-5-6(8(13)15-4-2)7(12)11-9(14)10-5/h3-4H2,1-2H3,(H2,10,11,12,14). The molecule has 2 N–H and O–H groups in total. The lowest BCUT2D eigenvalue weighted by atomic mass is 10.2. The normalized spacial score (nSPS) is 10.0. The van der Waals surface area contributed by atoms with E-state index in [1.807, 2.05) is 4.98 Å². The minimum Gasteiger partial charge on any atom is -0.462 e. The second kappa shape index (κ2) is 4.59. The number of esters is 1. The molecule has 0 aliphatic carbocycles. The van der Waals surface area contributed by atoms with Gasteiger partial charge < -0.3 is 9.72 Å². The number of nitrogens with one attached hydrogen (secondary N) is 2. The van der Waals surface area contributed by atoms with Crippen LogP contribution in [0.25, 0.3) is 0 Å². The van der Waals surface area contributed by atoms with Crippen LogP contribution in [0.15, 0.2) is 9.59 Å². The molecule has 0 saturated heterocycles. The van der Waals surface area contributed by atoms with E-state index in [4.69, 9.17) is 4.74 Å². The van der Waals surface area contributed by atoms with Gasteiger partial charge in [0.25, 0.3) is 5.56 Å². The number of aryl methyl sites for hydroxylation is 1. The van der Waals surface area contributed by atoms with Gasteiger partial charge in [-0.2, -0.15) is 0 Å². The van der Waals surface area contributed by atoms with Crippen molar-refractivity contribution in [1.82, 2.24) is 9.97 Å². The van der Waals surface area contributed by atoms with Crippen LogP contribution in [0.1, 0.15) is 29.9 Å². The molecular weight excluding hydrogens is 200 g/mol. The van der Waals surface area contributed by atoms with Crippen molar-refractivity contribution in [3.05, 3.63) is 32.1 Å². The molecule has 0 fully saturated rings. The Kier molecular flexibility index (Phi) is 3.43. The van der Waals surface area contributed by atoms with Crippen molar-refractivity contribution in [3.8, 4) is 0 Å². The molecule has 6 nitrogen and oxygen atoms in total. The van der Waals surface area contributed by atoms with Crippen LogP contribution in [-0.2, 0) is 11.2 Å². The summed E-state index contributed by atoms with van der Waals surface area (Å²) in [6.07, 6.45) is 0.382. The maximum atomic E-state index is 11.4. The fourth-order valence-corrected chi connectivity index (χ4v) is 1.22. The molecule has 0 aliphatic rings. The first-order valence-electron chi connectivity index (χ1n) is 4.62. The van der Waals surface area contributed by atoms with E-state index in [0.29, 0.717) is 12.1 Å². The van der Waals surface area contributed by atoms with Crippen molar-refractivity contribution in [1.29, 1.82) is 0 Å². The van der Waals surface area contributed by atoms with Crippen LogP contribution in [0, 0.1) is 0 Å². The SMILES string of the molecule is CCOC(=O)c1c(CC)[nH]c(=O)[nH]c1=O. The summed E-state index contributed by atoms with van der Waals surface area (Å²) in [5.74, 6) is -0.716. The summed E-state index contributed by atoms with van der Waals surface area (Å²) >= 11 is 0. The number of aromatic amines is 2. The Morgan fingerprint density at radius 2 is 1.93 bits per heavy atom. The molecule has 0 atom stereocenters. The number of H-pyrrole nitrogens is 2. The van der Waals surface area contributed by atoms with Gasteiger partial charge in [0, 0.05) is 5.69 Å². The number of carbonyl (C=O) groups is 1. The monoisotopic (exact) mass is 212 g/mol. The number of aromatic nitrogens is 2. The molecule has 0 spiro atoms. The molecule has 0 aromatic carbocycles. The summed E-state index contributed by atoms with van der Waals surface area (Å²) in [6.45, 7) is 3.55. The molecule has 0 radical (unpaired) electrons. The van der Waals surface area contributed by atoms with Crippen LogP contribution in [-0.4, -0.2) is 22.5 Å². The van der Waals surface area contributed by atoms with E-state index in [0.717, 1.165) is 0 Å². The zero-order chi connectivity index (χ0) is 11.4. The van der Waals surface area contributed by atoms with Gasteiger partial charge in [-0.05, 0) is 13.3 Å². The number of hydrogen-bond acceptors (Lipinski definition) is 4. The number of rotatable bonds is 3. The number of carbonyl (C=O) groups excluding carboxylic acids is 1. The lowest BCUT2D eigenvalue weighted by Crippen LogP contribution is -2.31. The molecule has 0 bridgehead atoms. The average molecular weight is 212 g/mol. The molecule has 0 amide bonds. The highest BCUT2D eigenvalue weighted by atomic mass is 16.5. The van der Waals surface area contributed by atoms with E-state index >= 15 is 0 Å². The molecule has 1 heterocycles. The molecule has 82 valence electrons. The van der Waals surface area contributed by atoms with Crippen LogP contribution in [0.5, 0.6) is 0 Å². The van der Waals surface area contributed by atoms with Crippen molar-refractivity contribution in [2.75, 3.05) is 6.61 Å². The molecule has 1 rings (SSSR count). The first-order chi connectivity index (χ1) is 7.10. The van der Waals surface area contributed by atoms with Gasteiger partial charge in [0.1, 0.15) is 5.56 Å². The molecule has 6 heteroatoms. The maximum Gasteiger partial charge on any atom is 0.345 e. The van der Waals surface area contributed by atoms with Crippen molar-refractivity contribution in [2.45, 2.75) is 20.3 Å². The van der Waals surface area contributed by atoms with E-state index in [1.165, 1.54) is 0 Å². The highest BCUT2D eigenvalue weighted by Crippen LogP contribution is 2.00. The molecule has 0 aliphatic heterocycles. The summed E-state index contributed by atoms with van der Waals surface area (Å²) < 4.78 is 4.71. The highest BCUT2D eigenvalue weighted by molar-refractivity contribution is 5.90. The molecule has 1 aromatic rings. The summed E-state index contributed by atoms with van der Waals surface area (Å²) in [7, 11) is 0. The second-order valence-electron chi connectivity index (χ2n) is 2.84. The van der Waals surface area contributed by atoms with Gasteiger partial charge in [0.2, 0.25) is 0 Å². The second-order valence-corrected chi connectivity index (χ2v) is 2.84. The smallest absolute Gasteiger partial charge is 0.345 e. The van der Waals surface area contributed by atoms with Crippen LogP contribution < -0.4 is 11.2 Å². The van der Waals surface area contributed by atoms with Gasteiger partial charge in [-0.15, -0.1) is 0 Å². The molecule has 15 heavy (non-hydrogen) atoms. The van der Waals surface area contributed by atoms with Crippen molar-refractivity contribution in [2.24, 2.45) is 0 Å². The Bertz CT molecular complexity index is 472. The summed E-state index contributed by atoms with van der Waals surface area (Å²) in [5.41, 5.74) is -1.17. The molecule has 0 unspecified atom stereocenters. The Morgan fingerprint density at radius 3 is 2.47 bits per heavy atom. The van der Waals surface area contributed by atoms with Gasteiger partial charge in [-0.1, -0.05) is 6.92 Å². The lowest BCUT2D eigenvalue weighted by Gasteiger charge is -2.04. The Morgan fingerprint density at radius 1 is 1.27 bits per heavy atom. The van der Waals surface area contributed by atoms with Gasteiger partial charge >= 0.3 is 11.7 Å². The third-order valence-electron chi connectivity index (χ3n) is 1.85. The largest absolute Gasteiger partial charge is 0.462 e. The van der Waals surface area contributed by atoms with E-state index in [-0.39, 0.29) is 12.2 Å². The number of ether oxygens (including phenoxy) is 1. The minimum atomic E-state index is -0.716. The third kappa shape index (κ3) is 2.34. The fourth-order valence-electron chi connectivity index (χ4n) is 1.22. The minimum absolute atomic E-state index is 0.126. The van der Waals surface area contributed by atoms with Crippen molar-refractivity contribution in [3.63, 3.8) is 0 Å². The topological polar surface area (TPSA) is 92.0 Å². The predicted octanol–water partition coefficient (Wildman–Crippen LogP) is -0.198. The van der Waals surface area contributed by atoms with Crippen molar-refractivity contribution < 1.29 is 9.53 Å². The van der Waals surface area contributed by atoms with Crippen LogP contribution in [0.2, 0.25) is 0 Å². The van der Waals surface area contributed by atoms with Gasteiger partial charge in [-0.25, -0.2) is 9.59 Å². The van der Waals surface area contributed by atoms with Crippen LogP contribution >= 0.6 is 0 Å². The first-order valence-corrected chi connectivity index (χ1v) is 4.62. The van der Waals surface area contributed by atoms with Crippen molar-refractivity contribution >= 4 is 5.97 Å². The van der Waals surface area contributed by atoms with Crippen LogP contribution in [0.3, 0.4) is 0 Å². The first kappa shape index (κ1) is 11.2. The summed E-state index contributed by atoms with van der Waals surface area (Å²) in [5, 5.41) is 0. The Labute approximate surface area is 85.3 Å². The highest BCUT2D eigenvalue weighted by Gasteiger charge is 2.17. The predicted molar refractivity (Wildman–Crippen MR) is 53.0 cm³/mol. The zero-order valence-electron chi connectivity index (χ0n) is 8.55. The third-order valence-corrected chi connectivity index (χ3v) is 1.85.